The van der Waals surface area contributed by atoms with Gasteiger partial charge in [0, 0.05) is 19.0 Å². The monoisotopic (exact) mass is 239 g/mol. The third kappa shape index (κ3) is 3.35. The van der Waals surface area contributed by atoms with Gasteiger partial charge in [-0.2, -0.15) is 0 Å². The topological polar surface area (TPSA) is 61.8 Å². The Morgan fingerprint density at radius 1 is 1.35 bits per heavy atom. The van der Waals surface area contributed by atoms with E-state index in [2.05, 4.69) is 17.1 Å². The normalized spacial score (nSPS) is 25.2. The fraction of sp³-hybridized carbons (Fsp3) is 0.923. The first-order valence-corrected chi connectivity index (χ1v) is 6.82. The molecule has 0 unspecified atom stereocenters. The maximum atomic E-state index is 8.66. The minimum absolute atomic E-state index is 0.308. The Balaban J connectivity index is 1.83. The predicted octanol–water partition coefficient (Wildman–Crippen LogP) is 2.17. The molecule has 0 bridgehead atoms. The Kier molecular flexibility index (Phi) is 3.92. The first kappa shape index (κ1) is 12.7. The smallest absolute Gasteiger partial charge is 0.139 e. The van der Waals surface area contributed by atoms with Crippen LogP contribution in [0, 0.1) is 5.41 Å². The van der Waals surface area contributed by atoms with Crippen LogP contribution in [0.3, 0.4) is 0 Å². The molecule has 0 amide bonds. The van der Waals surface area contributed by atoms with Gasteiger partial charge in [0.2, 0.25) is 0 Å². The Morgan fingerprint density at radius 3 is 2.53 bits per heavy atom. The van der Waals surface area contributed by atoms with Crippen molar-refractivity contribution in [3.05, 3.63) is 0 Å². The molecular formula is C13H25N3O. The Bertz CT molecular complexity index is 280. The summed E-state index contributed by atoms with van der Waals surface area (Å²) in [6.07, 6.45) is 10.0. The molecule has 0 aliphatic heterocycles. The van der Waals surface area contributed by atoms with Crippen LogP contribution in [0.4, 0.5) is 0 Å². The SMILES string of the molecule is CN(CC1(CC(N)=NO)CC1)C1CCCCC1. The van der Waals surface area contributed by atoms with E-state index in [1.54, 1.807) is 0 Å². The number of rotatable bonds is 5. The summed E-state index contributed by atoms with van der Waals surface area (Å²) < 4.78 is 0. The van der Waals surface area contributed by atoms with Crippen molar-refractivity contribution in [2.24, 2.45) is 16.3 Å². The van der Waals surface area contributed by atoms with Crippen LogP contribution in [0.5, 0.6) is 0 Å². The summed E-state index contributed by atoms with van der Waals surface area (Å²) >= 11 is 0. The molecule has 0 aromatic rings. The molecule has 4 heteroatoms. The van der Waals surface area contributed by atoms with Crippen molar-refractivity contribution < 1.29 is 5.21 Å². The van der Waals surface area contributed by atoms with E-state index in [0.29, 0.717) is 11.3 Å². The average molecular weight is 239 g/mol. The Morgan fingerprint density at radius 2 is 2.00 bits per heavy atom. The summed E-state index contributed by atoms with van der Waals surface area (Å²) in [6, 6.07) is 0.758. The van der Waals surface area contributed by atoms with E-state index in [-0.39, 0.29) is 0 Å². The van der Waals surface area contributed by atoms with Crippen LogP contribution in [0.1, 0.15) is 51.4 Å². The zero-order valence-corrected chi connectivity index (χ0v) is 10.9. The van der Waals surface area contributed by atoms with Gasteiger partial charge in [-0.05, 0) is 38.1 Å². The van der Waals surface area contributed by atoms with Crippen molar-refractivity contribution >= 4 is 5.84 Å². The molecule has 2 fully saturated rings. The van der Waals surface area contributed by atoms with Crippen molar-refractivity contribution in [3.63, 3.8) is 0 Å². The molecule has 0 heterocycles. The molecule has 2 rings (SSSR count). The molecule has 2 aliphatic rings. The fourth-order valence-electron chi connectivity index (χ4n) is 3.17. The maximum Gasteiger partial charge on any atom is 0.139 e. The lowest BCUT2D eigenvalue weighted by atomic mass is 9.92. The van der Waals surface area contributed by atoms with Crippen LogP contribution in [0.15, 0.2) is 5.16 Å². The number of hydrogen-bond donors (Lipinski definition) is 2. The second kappa shape index (κ2) is 5.25. The summed E-state index contributed by atoms with van der Waals surface area (Å²) in [5.74, 6) is 0.388. The van der Waals surface area contributed by atoms with Gasteiger partial charge in [0.15, 0.2) is 0 Å². The van der Waals surface area contributed by atoms with Crippen LogP contribution in [-0.4, -0.2) is 35.6 Å². The molecule has 0 radical (unpaired) electrons. The molecule has 17 heavy (non-hydrogen) atoms. The molecular weight excluding hydrogens is 214 g/mol. The lowest BCUT2D eigenvalue weighted by Crippen LogP contribution is -2.38. The van der Waals surface area contributed by atoms with E-state index in [9.17, 15) is 0 Å². The molecule has 3 N–H and O–H groups in total. The molecule has 0 atom stereocenters. The van der Waals surface area contributed by atoms with E-state index in [4.69, 9.17) is 10.9 Å². The highest BCUT2D eigenvalue weighted by Crippen LogP contribution is 2.49. The van der Waals surface area contributed by atoms with Gasteiger partial charge in [0.25, 0.3) is 0 Å². The van der Waals surface area contributed by atoms with Crippen LogP contribution >= 0.6 is 0 Å². The highest BCUT2D eigenvalue weighted by molar-refractivity contribution is 5.80. The predicted molar refractivity (Wildman–Crippen MR) is 69.2 cm³/mol. The van der Waals surface area contributed by atoms with Crippen LogP contribution in [-0.2, 0) is 0 Å². The van der Waals surface area contributed by atoms with Gasteiger partial charge < -0.3 is 15.8 Å². The highest BCUT2D eigenvalue weighted by Gasteiger charge is 2.44. The summed E-state index contributed by atoms with van der Waals surface area (Å²) in [7, 11) is 2.24. The van der Waals surface area contributed by atoms with Crippen LogP contribution in [0.25, 0.3) is 0 Å². The molecule has 2 aliphatic carbocycles. The van der Waals surface area contributed by atoms with E-state index in [0.717, 1.165) is 19.0 Å². The minimum Gasteiger partial charge on any atom is -0.409 e. The third-order valence-electron chi connectivity index (χ3n) is 4.42. The maximum absolute atomic E-state index is 8.66. The standard InChI is InChI=1S/C13H25N3O/c1-16(11-5-3-2-4-6-11)10-13(7-8-13)9-12(14)15-17/h11,17H,2-10H2,1H3,(H2,14,15). The highest BCUT2D eigenvalue weighted by atomic mass is 16.4. The Labute approximate surface area is 104 Å². The lowest BCUT2D eigenvalue weighted by molar-refractivity contribution is 0.160. The summed E-state index contributed by atoms with van der Waals surface area (Å²) in [5, 5.41) is 11.8. The molecule has 2 saturated carbocycles. The van der Waals surface area contributed by atoms with Crippen molar-refractivity contribution in [2.75, 3.05) is 13.6 Å². The summed E-state index contributed by atoms with van der Waals surface area (Å²) in [6.45, 7) is 1.11. The fourth-order valence-corrected chi connectivity index (χ4v) is 3.17. The van der Waals surface area contributed by atoms with E-state index >= 15 is 0 Å². The second-order valence-electron chi connectivity index (χ2n) is 5.98. The zero-order chi connectivity index (χ0) is 12.3. The number of nitrogens with zero attached hydrogens (tertiary/aromatic N) is 2. The van der Waals surface area contributed by atoms with Gasteiger partial charge in [-0.3, -0.25) is 0 Å². The first-order valence-electron chi connectivity index (χ1n) is 6.82. The van der Waals surface area contributed by atoms with Gasteiger partial charge in [0.05, 0.1) is 0 Å². The first-order chi connectivity index (χ1) is 8.15. The van der Waals surface area contributed by atoms with Crippen molar-refractivity contribution in [2.45, 2.75) is 57.4 Å². The van der Waals surface area contributed by atoms with E-state index in [1.165, 1.54) is 44.9 Å². The molecule has 0 aromatic heterocycles. The number of hydrogen-bond acceptors (Lipinski definition) is 3. The summed E-state index contributed by atoms with van der Waals surface area (Å²) in [5.41, 5.74) is 5.94. The third-order valence-corrected chi connectivity index (χ3v) is 4.42. The molecule has 4 nitrogen and oxygen atoms in total. The molecule has 0 spiro atoms. The largest absolute Gasteiger partial charge is 0.409 e. The van der Waals surface area contributed by atoms with Gasteiger partial charge >= 0.3 is 0 Å². The van der Waals surface area contributed by atoms with Gasteiger partial charge in [-0.15, -0.1) is 0 Å². The Hall–Kier alpha value is -0.770. The van der Waals surface area contributed by atoms with E-state index < -0.39 is 0 Å². The van der Waals surface area contributed by atoms with Gasteiger partial charge in [-0.25, -0.2) is 0 Å². The summed E-state index contributed by atoms with van der Waals surface area (Å²) in [4.78, 5) is 2.51. The number of oxime groups is 1. The van der Waals surface area contributed by atoms with Crippen molar-refractivity contribution in [1.82, 2.24) is 4.90 Å². The van der Waals surface area contributed by atoms with E-state index in [1.807, 2.05) is 0 Å². The van der Waals surface area contributed by atoms with Crippen molar-refractivity contribution in [3.8, 4) is 0 Å². The number of nitrogens with two attached hydrogens (primary N) is 1. The van der Waals surface area contributed by atoms with Crippen LogP contribution < -0.4 is 5.73 Å². The van der Waals surface area contributed by atoms with Gasteiger partial charge in [0.1, 0.15) is 5.84 Å². The molecule has 0 saturated heterocycles. The quantitative estimate of drug-likeness (QED) is 0.334. The lowest BCUT2D eigenvalue weighted by Gasteiger charge is -2.33. The molecule has 98 valence electrons. The number of amidine groups is 1. The average Bonchev–Trinajstić information content (AvgIpc) is 3.09. The van der Waals surface area contributed by atoms with Crippen LogP contribution in [0.2, 0.25) is 0 Å². The molecule has 0 aromatic carbocycles. The zero-order valence-electron chi connectivity index (χ0n) is 10.9. The second-order valence-corrected chi connectivity index (χ2v) is 5.98. The van der Waals surface area contributed by atoms with Crippen molar-refractivity contribution in [1.29, 1.82) is 0 Å². The minimum atomic E-state index is 0.308. The van der Waals surface area contributed by atoms with Gasteiger partial charge in [-0.1, -0.05) is 24.4 Å².